The van der Waals surface area contributed by atoms with Gasteiger partial charge >= 0.3 is 5.69 Å². The molecular weight excluding hydrogens is 200 g/mol. The van der Waals surface area contributed by atoms with E-state index in [0.717, 1.165) is 5.56 Å². The normalized spacial score (nSPS) is 10.4. The molecule has 2 aromatic rings. The molecular formula is C9H8N2O2S. The Kier molecular flexibility index (Phi) is 2.09. The van der Waals surface area contributed by atoms with Gasteiger partial charge in [0.25, 0.3) is 5.56 Å². The zero-order chi connectivity index (χ0) is 10.1. The van der Waals surface area contributed by atoms with Crippen LogP contribution in [0.25, 0.3) is 11.3 Å². The molecule has 0 aromatic carbocycles. The van der Waals surface area contributed by atoms with Gasteiger partial charge in [0.2, 0.25) is 0 Å². The van der Waals surface area contributed by atoms with Crippen molar-refractivity contribution in [3.63, 3.8) is 0 Å². The second-order valence-corrected chi connectivity index (χ2v) is 3.68. The van der Waals surface area contributed by atoms with Crippen molar-refractivity contribution in [2.24, 2.45) is 7.05 Å². The van der Waals surface area contributed by atoms with Gasteiger partial charge in [-0.15, -0.1) is 0 Å². The third-order valence-corrected chi connectivity index (χ3v) is 2.66. The molecule has 72 valence electrons. The topological polar surface area (TPSA) is 54.9 Å². The van der Waals surface area contributed by atoms with Crippen LogP contribution in [0.4, 0.5) is 0 Å². The van der Waals surface area contributed by atoms with Crippen molar-refractivity contribution in [1.29, 1.82) is 0 Å². The van der Waals surface area contributed by atoms with E-state index < -0.39 is 5.69 Å². The maximum absolute atomic E-state index is 11.3. The first-order valence-electron chi connectivity index (χ1n) is 4.01. The van der Waals surface area contributed by atoms with Crippen molar-refractivity contribution in [3.8, 4) is 11.3 Å². The number of aromatic amines is 1. The van der Waals surface area contributed by atoms with Crippen molar-refractivity contribution in [3.05, 3.63) is 43.7 Å². The highest BCUT2D eigenvalue weighted by Gasteiger charge is 2.04. The molecule has 0 spiro atoms. The summed E-state index contributed by atoms with van der Waals surface area (Å²) < 4.78 is 1.42. The van der Waals surface area contributed by atoms with Gasteiger partial charge in [-0.3, -0.25) is 14.3 Å². The molecule has 2 heterocycles. The van der Waals surface area contributed by atoms with E-state index in [0.29, 0.717) is 5.69 Å². The van der Waals surface area contributed by atoms with Crippen LogP contribution < -0.4 is 11.2 Å². The van der Waals surface area contributed by atoms with Gasteiger partial charge in [0.05, 0.1) is 5.69 Å². The van der Waals surface area contributed by atoms with E-state index in [2.05, 4.69) is 4.98 Å². The second-order valence-electron chi connectivity index (χ2n) is 2.90. The van der Waals surface area contributed by atoms with E-state index >= 15 is 0 Å². The van der Waals surface area contributed by atoms with Crippen molar-refractivity contribution in [2.45, 2.75) is 0 Å². The predicted octanol–water partition coefficient (Wildman–Crippen LogP) is 0.802. The van der Waals surface area contributed by atoms with Crippen LogP contribution in [0.1, 0.15) is 0 Å². The highest BCUT2D eigenvalue weighted by Crippen LogP contribution is 2.18. The highest BCUT2D eigenvalue weighted by molar-refractivity contribution is 7.08. The fourth-order valence-corrected chi connectivity index (χ4v) is 1.89. The standard InChI is InChI=1S/C9H8N2O2S/c1-11-7(6-2-3-14-5-6)4-8(12)10-9(11)13/h2-5H,1H3,(H,10,12,13). The van der Waals surface area contributed by atoms with Crippen LogP contribution in [0.5, 0.6) is 0 Å². The molecule has 0 aliphatic carbocycles. The first kappa shape index (κ1) is 8.96. The molecule has 0 aliphatic heterocycles. The largest absolute Gasteiger partial charge is 0.328 e. The van der Waals surface area contributed by atoms with Crippen molar-refractivity contribution in [1.82, 2.24) is 9.55 Å². The minimum absolute atomic E-state index is 0.366. The zero-order valence-electron chi connectivity index (χ0n) is 7.48. The first-order valence-corrected chi connectivity index (χ1v) is 4.95. The first-order chi connectivity index (χ1) is 6.68. The molecule has 1 N–H and O–H groups in total. The number of hydrogen-bond donors (Lipinski definition) is 1. The van der Waals surface area contributed by atoms with Crippen molar-refractivity contribution in [2.75, 3.05) is 0 Å². The Morgan fingerprint density at radius 1 is 1.43 bits per heavy atom. The van der Waals surface area contributed by atoms with Gasteiger partial charge in [-0.1, -0.05) is 0 Å². The summed E-state index contributed by atoms with van der Waals surface area (Å²) in [4.78, 5) is 24.6. The summed E-state index contributed by atoms with van der Waals surface area (Å²) in [5.74, 6) is 0. The lowest BCUT2D eigenvalue weighted by Crippen LogP contribution is -2.28. The molecule has 14 heavy (non-hydrogen) atoms. The molecule has 2 rings (SSSR count). The van der Waals surface area contributed by atoms with Gasteiger partial charge < -0.3 is 0 Å². The molecule has 0 unspecified atom stereocenters. The average molecular weight is 208 g/mol. The van der Waals surface area contributed by atoms with E-state index in [1.54, 1.807) is 7.05 Å². The van der Waals surface area contributed by atoms with Gasteiger partial charge in [0, 0.05) is 24.1 Å². The Hall–Kier alpha value is -1.62. The van der Waals surface area contributed by atoms with Crippen LogP contribution in [-0.4, -0.2) is 9.55 Å². The van der Waals surface area contributed by atoms with Gasteiger partial charge in [0.1, 0.15) is 0 Å². The van der Waals surface area contributed by atoms with Crippen LogP contribution in [0, 0.1) is 0 Å². The molecule has 2 aromatic heterocycles. The summed E-state index contributed by atoms with van der Waals surface area (Å²) in [5.41, 5.74) is 0.772. The summed E-state index contributed by atoms with van der Waals surface area (Å²) in [6.45, 7) is 0. The smallest absolute Gasteiger partial charge is 0.296 e. The predicted molar refractivity (Wildman–Crippen MR) is 55.6 cm³/mol. The fourth-order valence-electron chi connectivity index (χ4n) is 1.24. The van der Waals surface area contributed by atoms with Gasteiger partial charge in [-0.25, -0.2) is 4.79 Å². The fraction of sp³-hybridized carbons (Fsp3) is 0.111. The Bertz CT molecular complexity index is 551. The molecule has 0 fully saturated rings. The van der Waals surface area contributed by atoms with Gasteiger partial charge in [-0.05, 0) is 11.4 Å². The molecule has 0 amide bonds. The van der Waals surface area contributed by atoms with Gasteiger partial charge in [0.15, 0.2) is 0 Å². The maximum Gasteiger partial charge on any atom is 0.328 e. The van der Waals surface area contributed by atoms with Crippen LogP contribution in [0.15, 0.2) is 32.5 Å². The molecule has 5 heteroatoms. The van der Waals surface area contributed by atoms with E-state index in [1.165, 1.54) is 22.0 Å². The van der Waals surface area contributed by atoms with E-state index in [1.807, 2.05) is 16.8 Å². The Morgan fingerprint density at radius 3 is 2.86 bits per heavy atom. The van der Waals surface area contributed by atoms with E-state index in [9.17, 15) is 9.59 Å². The Labute approximate surface area is 83.5 Å². The molecule has 4 nitrogen and oxygen atoms in total. The van der Waals surface area contributed by atoms with E-state index in [-0.39, 0.29) is 5.56 Å². The number of nitrogens with zero attached hydrogens (tertiary/aromatic N) is 1. The molecule has 0 atom stereocenters. The van der Waals surface area contributed by atoms with Crippen LogP contribution >= 0.6 is 11.3 Å². The van der Waals surface area contributed by atoms with Crippen LogP contribution in [-0.2, 0) is 7.05 Å². The quantitative estimate of drug-likeness (QED) is 0.753. The summed E-state index contributed by atoms with van der Waals surface area (Å²) >= 11 is 1.53. The summed E-state index contributed by atoms with van der Waals surface area (Å²) in [6.07, 6.45) is 0. The summed E-state index contributed by atoms with van der Waals surface area (Å²) in [6, 6.07) is 3.29. The zero-order valence-corrected chi connectivity index (χ0v) is 8.30. The minimum Gasteiger partial charge on any atom is -0.296 e. The highest BCUT2D eigenvalue weighted by atomic mass is 32.1. The summed E-state index contributed by atoms with van der Waals surface area (Å²) in [7, 11) is 1.63. The SMILES string of the molecule is Cn1c(-c2ccsc2)cc(=O)[nH]c1=O. The van der Waals surface area contributed by atoms with Crippen LogP contribution in [0.3, 0.4) is 0 Å². The number of hydrogen-bond acceptors (Lipinski definition) is 3. The average Bonchev–Trinajstić information content (AvgIpc) is 2.63. The lowest BCUT2D eigenvalue weighted by atomic mass is 10.2. The van der Waals surface area contributed by atoms with E-state index in [4.69, 9.17) is 0 Å². The molecule has 0 saturated carbocycles. The third-order valence-electron chi connectivity index (χ3n) is 1.98. The van der Waals surface area contributed by atoms with Gasteiger partial charge in [-0.2, -0.15) is 11.3 Å². The maximum atomic E-state index is 11.3. The molecule has 0 aliphatic rings. The Morgan fingerprint density at radius 2 is 2.21 bits per heavy atom. The number of rotatable bonds is 1. The minimum atomic E-state index is -0.390. The van der Waals surface area contributed by atoms with Crippen molar-refractivity contribution >= 4 is 11.3 Å². The molecule has 0 radical (unpaired) electrons. The van der Waals surface area contributed by atoms with Crippen molar-refractivity contribution < 1.29 is 0 Å². The number of thiophene rings is 1. The van der Waals surface area contributed by atoms with Crippen LogP contribution in [0.2, 0.25) is 0 Å². The molecule has 0 bridgehead atoms. The monoisotopic (exact) mass is 208 g/mol. The summed E-state index contributed by atoms with van der Waals surface area (Å²) in [5, 5.41) is 3.80. The number of H-pyrrole nitrogens is 1. The number of nitrogens with one attached hydrogen (secondary N) is 1. The lowest BCUT2D eigenvalue weighted by Gasteiger charge is -2.03. The second kappa shape index (κ2) is 3.26. The number of aromatic nitrogens is 2. The molecule has 0 saturated heterocycles. The Balaban J connectivity index is 2.77. The lowest BCUT2D eigenvalue weighted by molar-refractivity contribution is 0.809. The third kappa shape index (κ3) is 1.42.